The molecule has 0 bridgehead atoms. The molecule has 2 aromatic heterocycles. The van der Waals surface area contributed by atoms with Gasteiger partial charge in [-0.05, 0) is 25.8 Å². The van der Waals surface area contributed by atoms with Gasteiger partial charge in [0.1, 0.15) is 12.1 Å². The summed E-state index contributed by atoms with van der Waals surface area (Å²) in [6.45, 7) is 4.83. The molecular formula is C22H27N7O3. The van der Waals surface area contributed by atoms with Crippen molar-refractivity contribution in [2.45, 2.75) is 38.9 Å². The third-order valence-corrected chi connectivity index (χ3v) is 6.19. The molecule has 3 aliphatic rings. The number of nitrogens with zero attached hydrogens (tertiary/aromatic N) is 6. The third-order valence-electron chi connectivity index (χ3n) is 6.19. The van der Waals surface area contributed by atoms with Crippen molar-refractivity contribution in [2.24, 2.45) is 0 Å². The molecule has 168 valence electrons. The first kappa shape index (κ1) is 20.5. The fourth-order valence-electron chi connectivity index (χ4n) is 4.56. The molecule has 1 saturated heterocycles. The van der Waals surface area contributed by atoms with E-state index in [0.717, 1.165) is 67.0 Å². The maximum Gasteiger partial charge on any atom is 0.216 e. The molecule has 5 rings (SSSR count). The average molecular weight is 438 g/mol. The highest BCUT2D eigenvalue weighted by molar-refractivity contribution is 5.70. The Labute approximate surface area is 186 Å². The maximum absolute atomic E-state index is 11.0. The van der Waals surface area contributed by atoms with E-state index < -0.39 is 0 Å². The standard InChI is InChI=1S/C22H27N7O3/c1-15-8-16(9-23-22(15)31-2)27-7-5-19-18(11-27)21(25-13-24-19)26-20-4-3-6-29(20)28-10-17(12-30)32-14-28/h8-10,12-13,20H,3-7,11,14H2,1-2H3,(H,24,25,26). The molecule has 2 aromatic rings. The lowest BCUT2D eigenvalue weighted by atomic mass is 10.1. The van der Waals surface area contributed by atoms with Crippen LogP contribution in [-0.2, 0) is 22.5 Å². The quantitative estimate of drug-likeness (QED) is 0.674. The van der Waals surface area contributed by atoms with E-state index in [4.69, 9.17) is 9.47 Å². The normalized spacial score (nSPS) is 20.6. The van der Waals surface area contributed by atoms with Crippen molar-refractivity contribution in [3.63, 3.8) is 0 Å². The second-order valence-corrected chi connectivity index (χ2v) is 8.17. The number of hydrogen-bond acceptors (Lipinski definition) is 10. The van der Waals surface area contributed by atoms with Crippen LogP contribution in [0.5, 0.6) is 5.88 Å². The zero-order chi connectivity index (χ0) is 22.1. The van der Waals surface area contributed by atoms with Crippen molar-refractivity contribution >= 4 is 17.8 Å². The van der Waals surface area contributed by atoms with E-state index in [2.05, 4.69) is 36.2 Å². The number of nitrogens with one attached hydrogen (secondary N) is 1. The van der Waals surface area contributed by atoms with Crippen LogP contribution in [-0.4, -0.2) is 64.4 Å². The Morgan fingerprint density at radius 3 is 2.97 bits per heavy atom. The molecule has 10 heteroatoms. The Balaban J connectivity index is 1.36. The molecule has 1 atom stereocenters. The van der Waals surface area contributed by atoms with Crippen LogP contribution in [0.4, 0.5) is 11.5 Å². The second kappa shape index (κ2) is 8.62. The minimum Gasteiger partial charge on any atom is -0.481 e. The molecule has 5 heterocycles. The summed E-state index contributed by atoms with van der Waals surface area (Å²) >= 11 is 0. The number of carbonyl (C=O) groups excluding carboxylic acids is 1. The summed E-state index contributed by atoms with van der Waals surface area (Å²) in [6.07, 6.45) is 8.93. The van der Waals surface area contributed by atoms with Gasteiger partial charge in [0, 0.05) is 37.2 Å². The zero-order valence-electron chi connectivity index (χ0n) is 18.3. The maximum atomic E-state index is 11.0. The number of ether oxygens (including phenoxy) is 2. The van der Waals surface area contributed by atoms with Crippen molar-refractivity contribution in [1.29, 1.82) is 0 Å². The monoisotopic (exact) mass is 437 g/mol. The largest absolute Gasteiger partial charge is 0.481 e. The molecule has 0 aliphatic carbocycles. The molecule has 1 unspecified atom stereocenters. The first-order valence-electron chi connectivity index (χ1n) is 10.8. The van der Waals surface area contributed by atoms with Crippen LogP contribution < -0.4 is 15.0 Å². The Morgan fingerprint density at radius 2 is 2.19 bits per heavy atom. The fourth-order valence-corrected chi connectivity index (χ4v) is 4.56. The SMILES string of the molecule is COc1ncc(N2CCc3ncnc(NC4CCCN4N4C=C(C=O)OC4)c3C2)cc1C. The van der Waals surface area contributed by atoms with Crippen molar-refractivity contribution in [1.82, 2.24) is 25.0 Å². The molecule has 0 radical (unpaired) electrons. The van der Waals surface area contributed by atoms with Gasteiger partial charge in [-0.25, -0.2) is 15.0 Å². The Morgan fingerprint density at radius 1 is 1.28 bits per heavy atom. The van der Waals surface area contributed by atoms with E-state index in [9.17, 15) is 4.79 Å². The van der Waals surface area contributed by atoms with E-state index in [-0.39, 0.29) is 6.17 Å². The number of aromatic nitrogens is 3. The molecule has 3 aliphatic heterocycles. The molecule has 1 N–H and O–H groups in total. The van der Waals surface area contributed by atoms with Crippen LogP contribution in [0.25, 0.3) is 0 Å². The molecule has 0 spiro atoms. The molecule has 1 fully saturated rings. The lowest BCUT2D eigenvalue weighted by molar-refractivity contribution is -0.108. The molecule has 0 amide bonds. The number of pyridine rings is 1. The molecule has 32 heavy (non-hydrogen) atoms. The van der Waals surface area contributed by atoms with Crippen LogP contribution >= 0.6 is 0 Å². The summed E-state index contributed by atoms with van der Waals surface area (Å²) in [5.74, 6) is 1.86. The van der Waals surface area contributed by atoms with Gasteiger partial charge in [0.05, 0.1) is 37.1 Å². The first-order chi connectivity index (χ1) is 15.7. The van der Waals surface area contributed by atoms with Crippen molar-refractivity contribution in [3.05, 3.63) is 47.4 Å². The number of aryl methyl sites for hydroxylation is 1. The van der Waals surface area contributed by atoms with Gasteiger partial charge in [-0.15, -0.1) is 0 Å². The minimum atomic E-state index is 0.0696. The van der Waals surface area contributed by atoms with Gasteiger partial charge in [0.25, 0.3) is 0 Å². The first-order valence-corrected chi connectivity index (χ1v) is 10.8. The number of anilines is 2. The van der Waals surface area contributed by atoms with Crippen LogP contribution in [0.2, 0.25) is 0 Å². The number of methoxy groups -OCH3 is 1. The van der Waals surface area contributed by atoms with Crippen LogP contribution in [0.1, 0.15) is 29.7 Å². The predicted molar refractivity (Wildman–Crippen MR) is 118 cm³/mol. The summed E-state index contributed by atoms with van der Waals surface area (Å²) in [4.78, 5) is 26.9. The topological polar surface area (TPSA) is 96.0 Å². The average Bonchev–Trinajstić information content (AvgIpc) is 3.48. The molecular weight excluding hydrogens is 410 g/mol. The van der Waals surface area contributed by atoms with Crippen LogP contribution in [0.3, 0.4) is 0 Å². The Hall–Kier alpha value is -3.40. The number of carbonyl (C=O) groups is 1. The number of allylic oxidation sites excluding steroid dienone is 1. The number of fused-ring (bicyclic) bond motifs is 1. The summed E-state index contributed by atoms with van der Waals surface area (Å²) in [5, 5.41) is 7.78. The number of aldehydes is 1. The van der Waals surface area contributed by atoms with E-state index in [1.165, 1.54) is 0 Å². The van der Waals surface area contributed by atoms with Gasteiger partial charge in [0.2, 0.25) is 5.88 Å². The summed E-state index contributed by atoms with van der Waals surface area (Å²) in [6, 6.07) is 2.11. The van der Waals surface area contributed by atoms with E-state index >= 15 is 0 Å². The summed E-state index contributed by atoms with van der Waals surface area (Å²) in [7, 11) is 1.64. The highest BCUT2D eigenvalue weighted by Crippen LogP contribution is 2.31. The molecule has 0 aromatic carbocycles. The van der Waals surface area contributed by atoms with Crippen molar-refractivity contribution < 1.29 is 14.3 Å². The van der Waals surface area contributed by atoms with Crippen LogP contribution in [0, 0.1) is 6.92 Å². The molecule has 0 saturated carbocycles. The predicted octanol–water partition coefficient (Wildman–Crippen LogP) is 1.83. The minimum absolute atomic E-state index is 0.0696. The molecule has 10 nitrogen and oxygen atoms in total. The highest BCUT2D eigenvalue weighted by Gasteiger charge is 2.32. The second-order valence-electron chi connectivity index (χ2n) is 8.17. The van der Waals surface area contributed by atoms with Gasteiger partial charge < -0.3 is 19.7 Å². The summed E-state index contributed by atoms with van der Waals surface area (Å²) < 4.78 is 10.7. The fraction of sp³-hybridized carbons (Fsp3) is 0.455. The highest BCUT2D eigenvalue weighted by atomic mass is 16.5. The van der Waals surface area contributed by atoms with Gasteiger partial charge in [-0.2, -0.15) is 5.01 Å². The van der Waals surface area contributed by atoms with Gasteiger partial charge in [-0.1, -0.05) is 0 Å². The van der Waals surface area contributed by atoms with Crippen molar-refractivity contribution in [2.75, 3.05) is 37.1 Å². The smallest absolute Gasteiger partial charge is 0.216 e. The number of hydrazine groups is 1. The zero-order valence-corrected chi connectivity index (χ0v) is 18.3. The number of rotatable bonds is 6. The van der Waals surface area contributed by atoms with E-state index in [1.807, 2.05) is 18.1 Å². The van der Waals surface area contributed by atoms with Crippen LogP contribution in [0.15, 0.2) is 30.5 Å². The van der Waals surface area contributed by atoms with E-state index in [0.29, 0.717) is 24.9 Å². The third kappa shape index (κ3) is 3.81. The summed E-state index contributed by atoms with van der Waals surface area (Å²) in [5.41, 5.74) is 4.26. The number of hydrogen-bond donors (Lipinski definition) is 1. The van der Waals surface area contributed by atoms with Gasteiger partial charge in [-0.3, -0.25) is 9.80 Å². The van der Waals surface area contributed by atoms with E-state index in [1.54, 1.807) is 19.6 Å². The van der Waals surface area contributed by atoms with Gasteiger partial charge in [0.15, 0.2) is 18.8 Å². The Kier molecular flexibility index (Phi) is 5.52. The van der Waals surface area contributed by atoms with Gasteiger partial charge >= 0.3 is 0 Å². The van der Waals surface area contributed by atoms with Crippen molar-refractivity contribution in [3.8, 4) is 5.88 Å². The lowest BCUT2D eigenvalue weighted by Gasteiger charge is -2.34. The lowest BCUT2D eigenvalue weighted by Crippen LogP contribution is -2.45. The Bertz CT molecular complexity index is 1040.